The van der Waals surface area contributed by atoms with Crippen molar-refractivity contribution in [2.75, 3.05) is 6.54 Å². The molecule has 0 bridgehead atoms. The van der Waals surface area contributed by atoms with Crippen LogP contribution in [0.1, 0.15) is 36.3 Å². The molecule has 2 unspecified atom stereocenters. The Bertz CT molecular complexity index is 1100. The van der Waals surface area contributed by atoms with Crippen molar-refractivity contribution in [1.29, 1.82) is 0 Å². The molecule has 2 N–H and O–H groups in total. The lowest BCUT2D eigenvalue weighted by Crippen LogP contribution is -2.10. The van der Waals surface area contributed by atoms with E-state index in [0.717, 1.165) is 18.1 Å². The van der Waals surface area contributed by atoms with Gasteiger partial charge in [0.1, 0.15) is 5.69 Å². The molecule has 2 heterocycles. The summed E-state index contributed by atoms with van der Waals surface area (Å²) in [5.74, 6) is -0.823. The summed E-state index contributed by atoms with van der Waals surface area (Å²) < 4.78 is 28.3. The van der Waals surface area contributed by atoms with Crippen LogP contribution in [0.2, 0.25) is 0 Å². The van der Waals surface area contributed by atoms with Crippen LogP contribution in [-0.4, -0.2) is 32.1 Å². The molecule has 1 aliphatic rings. The van der Waals surface area contributed by atoms with Gasteiger partial charge in [-0.05, 0) is 62.1 Å². The van der Waals surface area contributed by atoms with Crippen LogP contribution in [-0.2, 0) is 0 Å². The van der Waals surface area contributed by atoms with Gasteiger partial charge in [0, 0.05) is 18.2 Å². The zero-order valence-electron chi connectivity index (χ0n) is 15.6. The van der Waals surface area contributed by atoms with Crippen LogP contribution in [0, 0.1) is 24.5 Å². The predicted octanol–water partition coefficient (Wildman–Crippen LogP) is 3.17. The number of hydrogen-bond donors (Lipinski definition) is 1. The van der Waals surface area contributed by atoms with E-state index in [9.17, 15) is 8.78 Å². The summed E-state index contributed by atoms with van der Waals surface area (Å²) in [6.07, 6.45) is 2.62. The molecule has 6 nitrogen and oxygen atoms in total. The molecule has 1 aliphatic carbocycles. The molecule has 0 amide bonds. The standard InChI is InChI=1S/C20H20F2N6/c1-3-24-19(18-6-7-20-26-25-11(2)28(20)27-18)10-17(23)14-9-13(14)12-4-5-15(21)16(22)8-12/h4-8,10,13-14H,3,9,23H2,1-2H3/b17-10-,24-19?. The second-order valence-electron chi connectivity index (χ2n) is 6.86. The predicted molar refractivity (Wildman–Crippen MR) is 102 cm³/mol. The fourth-order valence-electron chi connectivity index (χ4n) is 3.34. The Labute approximate surface area is 160 Å². The van der Waals surface area contributed by atoms with E-state index in [0.29, 0.717) is 35.1 Å². The van der Waals surface area contributed by atoms with Crippen LogP contribution in [0.5, 0.6) is 0 Å². The van der Waals surface area contributed by atoms with Gasteiger partial charge in [-0.2, -0.15) is 9.61 Å². The van der Waals surface area contributed by atoms with E-state index in [1.165, 1.54) is 6.07 Å². The van der Waals surface area contributed by atoms with Crippen molar-refractivity contribution in [3.63, 3.8) is 0 Å². The van der Waals surface area contributed by atoms with Gasteiger partial charge >= 0.3 is 0 Å². The van der Waals surface area contributed by atoms with E-state index in [-0.39, 0.29) is 11.8 Å². The minimum atomic E-state index is -0.840. The van der Waals surface area contributed by atoms with Crippen molar-refractivity contribution in [1.82, 2.24) is 19.8 Å². The van der Waals surface area contributed by atoms with E-state index < -0.39 is 11.6 Å². The highest BCUT2D eigenvalue weighted by Gasteiger charge is 2.40. The zero-order valence-corrected chi connectivity index (χ0v) is 15.6. The highest BCUT2D eigenvalue weighted by atomic mass is 19.2. The summed E-state index contributed by atoms with van der Waals surface area (Å²) in [5, 5.41) is 12.6. The first kappa shape index (κ1) is 18.2. The molecular weight excluding hydrogens is 362 g/mol. The highest BCUT2D eigenvalue weighted by Crippen LogP contribution is 2.50. The molecule has 4 rings (SSSR count). The fourth-order valence-corrected chi connectivity index (χ4v) is 3.34. The second kappa shape index (κ2) is 7.10. The van der Waals surface area contributed by atoms with Crippen molar-refractivity contribution in [3.8, 4) is 0 Å². The van der Waals surface area contributed by atoms with Crippen molar-refractivity contribution in [2.24, 2.45) is 16.6 Å². The average Bonchev–Trinajstić information content (AvgIpc) is 3.41. The molecule has 144 valence electrons. The third-order valence-corrected chi connectivity index (χ3v) is 4.90. The number of aromatic nitrogens is 4. The topological polar surface area (TPSA) is 81.5 Å². The van der Waals surface area contributed by atoms with Crippen molar-refractivity contribution >= 4 is 11.4 Å². The Morgan fingerprint density at radius 3 is 2.82 bits per heavy atom. The maximum absolute atomic E-state index is 13.5. The molecule has 0 aliphatic heterocycles. The number of hydrogen-bond acceptors (Lipinski definition) is 5. The summed E-state index contributed by atoms with van der Waals surface area (Å²) in [6.45, 7) is 4.35. The fraction of sp³-hybridized carbons (Fsp3) is 0.300. The Hall–Kier alpha value is -3.16. The molecular formula is C20H20F2N6. The van der Waals surface area contributed by atoms with Gasteiger partial charge in [-0.1, -0.05) is 6.07 Å². The number of nitrogens with two attached hydrogens (primary N) is 1. The normalized spacial score (nSPS) is 20.0. The quantitative estimate of drug-likeness (QED) is 0.687. The van der Waals surface area contributed by atoms with E-state index in [2.05, 4.69) is 20.3 Å². The van der Waals surface area contributed by atoms with Crippen molar-refractivity contribution in [2.45, 2.75) is 26.2 Å². The monoisotopic (exact) mass is 382 g/mol. The first-order valence-electron chi connectivity index (χ1n) is 9.13. The highest BCUT2D eigenvalue weighted by molar-refractivity contribution is 6.07. The van der Waals surface area contributed by atoms with Crippen LogP contribution in [0.3, 0.4) is 0 Å². The summed E-state index contributed by atoms with van der Waals surface area (Å²) in [6, 6.07) is 7.69. The molecule has 0 saturated heterocycles. The van der Waals surface area contributed by atoms with Gasteiger partial charge in [0.2, 0.25) is 0 Å². The Balaban J connectivity index is 1.60. The summed E-state index contributed by atoms with van der Waals surface area (Å²) in [4.78, 5) is 4.52. The zero-order chi connectivity index (χ0) is 19.8. The SMILES string of the molecule is CCN=C(/C=C(\N)C1CC1c1ccc(F)c(F)c1)c1ccc2nnc(C)n2n1. The number of aliphatic imine (C=N–C) groups is 1. The second-order valence-corrected chi connectivity index (χ2v) is 6.86. The maximum atomic E-state index is 13.5. The van der Waals surface area contributed by atoms with Gasteiger partial charge in [-0.25, -0.2) is 8.78 Å². The molecule has 1 aromatic carbocycles. The first-order chi connectivity index (χ1) is 13.5. The lowest BCUT2D eigenvalue weighted by Gasteiger charge is -2.06. The molecule has 28 heavy (non-hydrogen) atoms. The largest absolute Gasteiger partial charge is 0.402 e. The van der Waals surface area contributed by atoms with E-state index >= 15 is 0 Å². The Kier molecular flexibility index (Phi) is 4.62. The van der Waals surface area contributed by atoms with E-state index in [4.69, 9.17) is 5.73 Å². The van der Waals surface area contributed by atoms with Crippen molar-refractivity contribution in [3.05, 3.63) is 70.8 Å². The van der Waals surface area contributed by atoms with E-state index in [1.807, 2.05) is 32.1 Å². The minimum absolute atomic E-state index is 0.0762. The molecule has 1 saturated carbocycles. The molecule has 8 heteroatoms. The van der Waals surface area contributed by atoms with Crippen LogP contribution in [0.4, 0.5) is 8.78 Å². The van der Waals surface area contributed by atoms with Crippen LogP contribution < -0.4 is 5.73 Å². The van der Waals surface area contributed by atoms with Crippen LogP contribution >= 0.6 is 0 Å². The summed E-state index contributed by atoms with van der Waals surface area (Å²) >= 11 is 0. The smallest absolute Gasteiger partial charge is 0.177 e. The van der Waals surface area contributed by atoms with E-state index in [1.54, 1.807) is 10.6 Å². The molecule has 2 aromatic heterocycles. The number of allylic oxidation sites excluding steroid dienone is 2. The minimum Gasteiger partial charge on any atom is -0.402 e. The van der Waals surface area contributed by atoms with Crippen LogP contribution in [0.15, 0.2) is 47.1 Å². The molecule has 1 fully saturated rings. The Morgan fingerprint density at radius 2 is 2.07 bits per heavy atom. The summed E-state index contributed by atoms with van der Waals surface area (Å²) in [7, 11) is 0. The number of benzene rings is 1. The number of aryl methyl sites for hydroxylation is 1. The van der Waals surface area contributed by atoms with Gasteiger partial charge < -0.3 is 5.73 Å². The summed E-state index contributed by atoms with van der Waals surface area (Å²) in [5.41, 5.74) is 9.74. The lowest BCUT2D eigenvalue weighted by atomic mass is 10.1. The number of halogens is 2. The maximum Gasteiger partial charge on any atom is 0.177 e. The van der Waals surface area contributed by atoms with Crippen molar-refractivity contribution < 1.29 is 8.78 Å². The van der Waals surface area contributed by atoms with Gasteiger partial charge in [-0.3, -0.25) is 4.99 Å². The third kappa shape index (κ3) is 3.37. The first-order valence-corrected chi connectivity index (χ1v) is 9.13. The van der Waals surface area contributed by atoms with Gasteiger partial charge in [0.05, 0.1) is 5.71 Å². The number of fused-ring (bicyclic) bond motifs is 1. The molecule has 2 atom stereocenters. The van der Waals surface area contributed by atoms with Crippen LogP contribution in [0.25, 0.3) is 5.65 Å². The van der Waals surface area contributed by atoms with Gasteiger partial charge in [-0.15, -0.1) is 10.2 Å². The molecule has 0 radical (unpaired) electrons. The number of nitrogens with zero attached hydrogens (tertiary/aromatic N) is 5. The molecule has 3 aromatic rings. The Morgan fingerprint density at radius 1 is 1.25 bits per heavy atom. The van der Waals surface area contributed by atoms with Gasteiger partial charge in [0.15, 0.2) is 23.1 Å². The third-order valence-electron chi connectivity index (χ3n) is 4.90. The van der Waals surface area contributed by atoms with Gasteiger partial charge in [0.25, 0.3) is 0 Å². The number of rotatable bonds is 5. The lowest BCUT2D eigenvalue weighted by molar-refractivity contribution is 0.507. The average molecular weight is 382 g/mol. The molecule has 0 spiro atoms.